The molecule has 0 atom stereocenters. The van der Waals surface area contributed by atoms with Crippen molar-refractivity contribution in [3.63, 3.8) is 0 Å². The van der Waals surface area contributed by atoms with Crippen molar-refractivity contribution < 1.29 is 26.3 Å². The quantitative estimate of drug-likeness (QED) is 0.876. The summed E-state index contributed by atoms with van der Waals surface area (Å²) in [5, 5.41) is -0.220. The number of halogens is 4. The Balaban J connectivity index is 2.41. The van der Waals surface area contributed by atoms with Gasteiger partial charge in [0.2, 0.25) is 0 Å². The van der Waals surface area contributed by atoms with E-state index in [0.717, 1.165) is 11.6 Å². The lowest BCUT2D eigenvalue weighted by Gasteiger charge is -2.16. The van der Waals surface area contributed by atoms with Gasteiger partial charge in [0.1, 0.15) is 5.69 Å². The zero-order chi connectivity index (χ0) is 17.3. The molecule has 4 nitrogen and oxygen atoms in total. The Labute approximate surface area is 135 Å². The molecule has 2 aromatic rings. The van der Waals surface area contributed by atoms with Gasteiger partial charge in [-0.1, -0.05) is 35.4 Å². The zero-order valence-corrected chi connectivity index (χ0v) is 13.3. The van der Waals surface area contributed by atoms with E-state index in [-0.39, 0.29) is 9.92 Å². The zero-order valence-electron chi connectivity index (χ0n) is 11.7. The van der Waals surface area contributed by atoms with Crippen LogP contribution in [0.25, 0.3) is 0 Å². The number of aryl methyl sites for hydroxylation is 1. The molecule has 0 aliphatic rings. The van der Waals surface area contributed by atoms with E-state index in [1.807, 2.05) is 4.72 Å². The predicted molar refractivity (Wildman–Crippen MR) is 80.1 cm³/mol. The van der Waals surface area contributed by atoms with Crippen molar-refractivity contribution in [2.75, 3.05) is 4.72 Å². The number of benzene rings is 2. The van der Waals surface area contributed by atoms with E-state index in [2.05, 4.69) is 4.74 Å². The minimum atomic E-state index is -4.98. The van der Waals surface area contributed by atoms with Crippen LogP contribution < -0.4 is 9.46 Å². The molecular weight excluding hydrogens is 355 g/mol. The summed E-state index contributed by atoms with van der Waals surface area (Å²) in [6.45, 7) is 1.77. The summed E-state index contributed by atoms with van der Waals surface area (Å²) in [6, 6.07) is 9.22. The summed E-state index contributed by atoms with van der Waals surface area (Å²) in [4.78, 5) is -0.110. The van der Waals surface area contributed by atoms with Crippen LogP contribution in [0.1, 0.15) is 5.56 Å². The van der Waals surface area contributed by atoms with E-state index in [0.29, 0.717) is 0 Å². The summed E-state index contributed by atoms with van der Waals surface area (Å²) in [7, 11) is -4.11. The lowest BCUT2D eigenvalue weighted by molar-refractivity contribution is -0.274. The summed E-state index contributed by atoms with van der Waals surface area (Å²) < 4.78 is 67.6. The van der Waals surface area contributed by atoms with Crippen LogP contribution in [0.2, 0.25) is 5.02 Å². The van der Waals surface area contributed by atoms with Gasteiger partial charge in [-0.2, -0.15) is 0 Å². The third-order valence-electron chi connectivity index (χ3n) is 2.77. The standard InChI is InChI=1S/C14H11ClF3NO3S/c1-9-5-7-10(8-6-9)23(20,21)19-13-11(15)3-2-4-12(13)22-14(16,17)18/h2-8,19H,1H3. The second-order valence-electron chi connectivity index (χ2n) is 4.58. The maximum Gasteiger partial charge on any atom is 0.573 e. The van der Waals surface area contributed by atoms with Crippen LogP contribution in [0.5, 0.6) is 5.75 Å². The molecule has 0 heterocycles. The molecule has 0 aliphatic heterocycles. The monoisotopic (exact) mass is 365 g/mol. The molecule has 1 N–H and O–H groups in total. The average molecular weight is 366 g/mol. The highest BCUT2D eigenvalue weighted by Gasteiger charge is 2.33. The van der Waals surface area contributed by atoms with Crippen LogP contribution >= 0.6 is 11.6 Å². The first-order valence-electron chi connectivity index (χ1n) is 6.22. The summed E-state index contributed by atoms with van der Waals surface area (Å²) in [5.41, 5.74) is 0.356. The van der Waals surface area contributed by atoms with Gasteiger partial charge in [0.05, 0.1) is 9.92 Å². The van der Waals surface area contributed by atoms with Crippen LogP contribution in [0.3, 0.4) is 0 Å². The molecular formula is C14H11ClF3NO3S. The Bertz CT molecular complexity index is 805. The number of hydrogen-bond acceptors (Lipinski definition) is 3. The van der Waals surface area contributed by atoms with Gasteiger partial charge >= 0.3 is 6.36 Å². The third-order valence-corrected chi connectivity index (χ3v) is 4.45. The fourth-order valence-electron chi connectivity index (χ4n) is 1.72. The maximum absolute atomic E-state index is 12.4. The highest BCUT2D eigenvalue weighted by atomic mass is 35.5. The fourth-order valence-corrected chi connectivity index (χ4v) is 3.08. The number of alkyl halides is 3. The number of rotatable bonds is 4. The molecule has 0 spiro atoms. The first kappa shape index (κ1) is 17.4. The van der Waals surface area contributed by atoms with Gasteiger partial charge in [-0.3, -0.25) is 4.72 Å². The summed E-state index contributed by atoms with van der Waals surface area (Å²) >= 11 is 5.80. The Morgan fingerprint density at radius 3 is 2.26 bits per heavy atom. The molecule has 0 aliphatic carbocycles. The Hall–Kier alpha value is -1.93. The molecule has 0 saturated carbocycles. The van der Waals surface area contributed by atoms with Crippen molar-refractivity contribution in [3.8, 4) is 5.75 Å². The molecule has 9 heteroatoms. The normalized spacial score (nSPS) is 12.0. The second-order valence-corrected chi connectivity index (χ2v) is 6.67. The molecule has 0 radical (unpaired) electrons. The van der Waals surface area contributed by atoms with Gasteiger partial charge < -0.3 is 4.74 Å². The van der Waals surface area contributed by atoms with Crippen LogP contribution in [-0.2, 0) is 10.0 Å². The highest BCUT2D eigenvalue weighted by molar-refractivity contribution is 7.92. The number of hydrogen-bond donors (Lipinski definition) is 1. The SMILES string of the molecule is Cc1ccc(S(=O)(=O)Nc2c(Cl)cccc2OC(F)(F)F)cc1. The molecule has 0 aromatic heterocycles. The predicted octanol–water partition coefficient (Wildman–Crippen LogP) is 4.35. The number of anilines is 1. The topological polar surface area (TPSA) is 55.4 Å². The van der Waals surface area contributed by atoms with Crippen molar-refractivity contribution in [1.82, 2.24) is 0 Å². The summed E-state index contributed by atoms with van der Waals surface area (Å²) in [6.07, 6.45) is -4.98. The Kier molecular flexibility index (Phi) is 4.76. The molecule has 0 bridgehead atoms. The number of para-hydroxylation sites is 1. The van der Waals surface area contributed by atoms with Crippen LogP contribution in [-0.4, -0.2) is 14.8 Å². The Morgan fingerprint density at radius 2 is 1.70 bits per heavy atom. The van der Waals surface area contributed by atoms with Gasteiger partial charge in [0.15, 0.2) is 5.75 Å². The van der Waals surface area contributed by atoms with Gasteiger partial charge in [-0.25, -0.2) is 8.42 Å². The Morgan fingerprint density at radius 1 is 1.09 bits per heavy atom. The largest absolute Gasteiger partial charge is 0.573 e. The van der Waals surface area contributed by atoms with E-state index in [4.69, 9.17) is 11.6 Å². The minimum Gasteiger partial charge on any atom is -0.403 e. The number of ether oxygens (including phenoxy) is 1. The van der Waals surface area contributed by atoms with Gasteiger partial charge in [0.25, 0.3) is 10.0 Å². The smallest absolute Gasteiger partial charge is 0.403 e. The third kappa shape index (κ3) is 4.52. The molecule has 0 fully saturated rings. The molecule has 0 unspecified atom stereocenters. The molecule has 23 heavy (non-hydrogen) atoms. The fraction of sp³-hybridized carbons (Fsp3) is 0.143. The highest BCUT2D eigenvalue weighted by Crippen LogP contribution is 2.37. The lowest BCUT2D eigenvalue weighted by Crippen LogP contribution is -2.20. The number of nitrogens with one attached hydrogen (secondary N) is 1. The number of sulfonamides is 1. The molecule has 0 saturated heterocycles. The van der Waals surface area contributed by atoms with Crippen LogP contribution in [0, 0.1) is 6.92 Å². The first-order chi connectivity index (χ1) is 10.6. The molecule has 0 amide bonds. The minimum absolute atomic E-state index is 0.110. The van der Waals surface area contributed by atoms with Gasteiger partial charge in [-0.05, 0) is 31.2 Å². The van der Waals surface area contributed by atoms with Crippen molar-refractivity contribution in [3.05, 3.63) is 53.1 Å². The first-order valence-corrected chi connectivity index (χ1v) is 8.08. The van der Waals surface area contributed by atoms with Crippen molar-refractivity contribution in [1.29, 1.82) is 0 Å². The van der Waals surface area contributed by atoms with Crippen molar-refractivity contribution in [2.24, 2.45) is 0 Å². The van der Waals surface area contributed by atoms with Gasteiger partial charge in [-0.15, -0.1) is 13.2 Å². The van der Waals surface area contributed by atoms with E-state index in [1.54, 1.807) is 19.1 Å². The van der Waals surface area contributed by atoms with E-state index in [9.17, 15) is 21.6 Å². The van der Waals surface area contributed by atoms with E-state index < -0.39 is 27.8 Å². The van der Waals surface area contributed by atoms with Crippen molar-refractivity contribution >= 4 is 27.3 Å². The molecule has 2 aromatic carbocycles. The maximum atomic E-state index is 12.4. The van der Waals surface area contributed by atoms with Gasteiger partial charge in [0, 0.05) is 0 Å². The van der Waals surface area contributed by atoms with E-state index >= 15 is 0 Å². The van der Waals surface area contributed by atoms with Crippen molar-refractivity contribution in [2.45, 2.75) is 18.2 Å². The van der Waals surface area contributed by atoms with Crippen LogP contribution in [0.4, 0.5) is 18.9 Å². The van der Waals surface area contributed by atoms with Crippen LogP contribution in [0.15, 0.2) is 47.4 Å². The lowest BCUT2D eigenvalue weighted by atomic mass is 10.2. The molecule has 124 valence electrons. The average Bonchev–Trinajstić information content (AvgIpc) is 2.41. The second kappa shape index (κ2) is 6.29. The molecule has 2 rings (SSSR count). The van der Waals surface area contributed by atoms with E-state index in [1.165, 1.54) is 24.3 Å². The summed E-state index contributed by atoms with van der Waals surface area (Å²) in [5.74, 6) is -0.735.